The Hall–Kier alpha value is -0.920. The molecule has 0 spiro atoms. The summed E-state index contributed by atoms with van der Waals surface area (Å²) in [6, 6.07) is 0.921. The predicted octanol–water partition coefficient (Wildman–Crippen LogP) is 1.76. The van der Waals surface area contributed by atoms with Gasteiger partial charge in [-0.2, -0.15) is 4.21 Å². The molecule has 0 fully saturated rings. The average molecular weight is 226 g/mol. The van der Waals surface area contributed by atoms with E-state index in [1.807, 2.05) is 0 Å². The fourth-order valence-corrected chi connectivity index (χ4v) is 1.04. The van der Waals surface area contributed by atoms with Gasteiger partial charge in [0.25, 0.3) is 0 Å². The van der Waals surface area contributed by atoms with Gasteiger partial charge in [-0.25, -0.2) is 13.2 Å². The van der Waals surface area contributed by atoms with E-state index in [0.717, 1.165) is 0 Å². The van der Waals surface area contributed by atoms with Crippen molar-refractivity contribution in [3.63, 3.8) is 0 Å². The lowest BCUT2D eigenvalue weighted by molar-refractivity contribution is 0.285. The van der Waals surface area contributed by atoms with Crippen LogP contribution >= 0.6 is 0 Å². The Morgan fingerprint density at radius 1 is 1.29 bits per heavy atom. The van der Waals surface area contributed by atoms with Crippen molar-refractivity contribution < 1.29 is 26.1 Å². The molecular formula is C7H5F3O3S. The van der Waals surface area contributed by atoms with Gasteiger partial charge in [-0.1, -0.05) is 0 Å². The van der Waals surface area contributed by atoms with Crippen LogP contribution < -0.4 is 0 Å². The van der Waals surface area contributed by atoms with Crippen LogP contribution in [0.15, 0.2) is 12.1 Å². The van der Waals surface area contributed by atoms with Crippen molar-refractivity contribution in [3.8, 4) is 0 Å². The van der Waals surface area contributed by atoms with Crippen LogP contribution in [0.3, 0.4) is 0 Å². The van der Waals surface area contributed by atoms with Crippen molar-refractivity contribution in [3.05, 3.63) is 35.1 Å². The van der Waals surface area contributed by atoms with Gasteiger partial charge in [0.15, 0.2) is 0 Å². The van der Waals surface area contributed by atoms with E-state index in [-0.39, 0.29) is 0 Å². The summed E-state index contributed by atoms with van der Waals surface area (Å²) in [7, 11) is 0. The molecule has 1 aromatic carbocycles. The maximum Gasteiger partial charge on any atom is 0.302 e. The first-order valence-electron chi connectivity index (χ1n) is 3.38. The van der Waals surface area contributed by atoms with Gasteiger partial charge >= 0.3 is 11.4 Å². The highest BCUT2D eigenvalue weighted by Gasteiger charge is 2.12. The molecule has 0 amide bonds. The van der Waals surface area contributed by atoms with E-state index in [4.69, 9.17) is 4.55 Å². The van der Waals surface area contributed by atoms with Crippen LogP contribution in [0.4, 0.5) is 13.2 Å². The van der Waals surface area contributed by atoms with E-state index in [9.17, 15) is 17.4 Å². The molecule has 0 aliphatic rings. The molecule has 1 N–H and O–H groups in total. The van der Waals surface area contributed by atoms with E-state index < -0.39 is 41.0 Å². The highest BCUT2D eigenvalue weighted by atomic mass is 32.2. The lowest BCUT2D eigenvalue weighted by atomic mass is 10.2. The molecular weight excluding hydrogens is 221 g/mol. The van der Waals surface area contributed by atoms with Gasteiger partial charge in [0, 0.05) is 12.1 Å². The van der Waals surface area contributed by atoms with Crippen molar-refractivity contribution in [2.45, 2.75) is 6.61 Å². The van der Waals surface area contributed by atoms with E-state index in [2.05, 4.69) is 4.18 Å². The Morgan fingerprint density at radius 2 is 1.79 bits per heavy atom. The number of benzene rings is 1. The molecule has 0 bridgehead atoms. The summed E-state index contributed by atoms with van der Waals surface area (Å²) in [6.07, 6.45) is 0. The molecule has 3 nitrogen and oxygen atoms in total. The molecule has 14 heavy (non-hydrogen) atoms. The van der Waals surface area contributed by atoms with Crippen LogP contribution in [0.2, 0.25) is 0 Å². The lowest BCUT2D eigenvalue weighted by Gasteiger charge is -2.03. The van der Waals surface area contributed by atoms with Gasteiger partial charge in [0.05, 0.1) is 12.2 Å². The monoisotopic (exact) mass is 226 g/mol. The van der Waals surface area contributed by atoms with Crippen molar-refractivity contribution in [2.75, 3.05) is 0 Å². The smallest absolute Gasteiger partial charge is 0.284 e. The topological polar surface area (TPSA) is 46.5 Å². The van der Waals surface area contributed by atoms with Crippen molar-refractivity contribution in [1.29, 1.82) is 0 Å². The number of hydrogen-bond acceptors (Lipinski definition) is 2. The van der Waals surface area contributed by atoms with Gasteiger partial charge in [0.1, 0.15) is 17.5 Å². The molecule has 1 unspecified atom stereocenters. The van der Waals surface area contributed by atoms with Crippen molar-refractivity contribution in [2.24, 2.45) is 0 Å². The molecule has 0 radical (unpaired) electrons. The maximum absolute atomic E-state index is 12.8. The maximum atomic E-state index is 12.8. The third-order valence-corrected chi connectivity index (χ3v) is 1.73. The summed E-state index contributed by atoms with van der Waals surface area (Å²) < 4.78 is 60.3. The van der Waals surface area contributed by atoms with Crippen LogP contribution in [-0.4, -0.2) is 8.76 Å². The van der Waals surface area contributed by atoms with Crippen LogP contribution in [0, 0.1) is 17.5 Å². The van der Waals surface area contributed by atoms with Gasteiger partial charge in [-0.15, -0.1) is 0 Å². The first-order valence-corrected chi connectivity index (χ1v) is 4.41. The zero-order valence-electron chi connectivity index (χ0n) is 6.67. The highest BCUT2D eigenvalue weighted by molar-refractivity contribution is 7.74. The SMILES string of the molecule is O=S(O)OCc1c(F)cc(F)cc1F. The second-order valence-electron chi connectivity index (χ2n) is 2.33. The first-order chi connectivity index (χ1) is 6.50. The van der Waals surface area contributed by atoms with Gasteiger partial charge in [-0.05, 0) is 0 Å². The molecule has 0 heterocycles. The second-order valence-corrected chi connectivity index (χ2v) is 3.00. The molecule has 0 saturated heterocycles. The standard InChI is InChI=1S/C7H5F3O3S/c8-4-1-6(9)5(7(10)2-4)3-13-14(11)12/h1-2H,3H2,(H,11,12). The van der Waals surface area contributed by atoms with Crippen LogP contribution in [0.1, 0.15) is 5.56 Å². The largest absolute Gasteiger partial charge is 0.302 e. The Bertz CT molecular complexity index is 346. The minimum absolute atomic E-state index is 0.460. The van der Waals surface area contributed by atoms with Crippen LogP contribution in [0.5, 0.6) is 0 Å². The Labute approximate surface area is 80.0 Å². The number of rotatable bonds is 3. The Morgan fingerprint density at radius 3 is 2.21 bits per heavy atom. The van der Waals surface area contributed by atoms with Crippen molar-refractivity contribution >= 4 is 11.4 Å². The number of hydrogen-bond donors (Lipinski definition) is 1. The van der Waals surface area contributed by atoms with Gasteiger partial charge in [0.2, 0.25) is 0 Å². The quantitative estimate of drug-likeness (QED) is 0.799. The molecule has 1 aromatic rings. The molecule has 0 saturated carbocycles. The summed E-state index contributed by atoms with van der Waals surface area (Å²) >= 11 is -2.62. The Kier molecular flexibility index (Phi) is 3.62. The predicted molar refractivity (Wildman–Crippen MR) is 41.9 cm³/mol. The van der Waals surface area contributed by atoms with Crippen molar-refractivity contribution in [1.82, 2.24) is 0 Å². The molecule has 1 rings (SSSR count). The molecule has 1 atom stereocenters. The summed E-state index contributed by atoms with van der Waals surface area (Å²) in [6.45, 7) is -0.735. The minimum atomic E-state index is -2.62. The summed E-state index contributed by atoms with van der Waals surface area (Å²) in [5.74, 6) is -3.38. The number of halogens is 3. The fraction of sp³-hybridized carbons (Fsp3) is 0.143. The normalized spacial score (nSPS) is 12.9. The molecule has 7 heteroatoms. The average Bonchev–Trinajstić information content (AvgIpc) is 2.01. The molecule has 0 aromatic heterocycles. The summed E-state index contributed by atoms with van der Waals surface area (Å²) in [5.41, 5.74) is -0.589. The first kappa shape index (κ1) is 11.2. The minimum Gasteiger partial charge on any atom is -0.284 e. The van der Waals surface area contributed by atoms with E-state index in [0.29, 0.717) is 12.1 Å². The van der Waals surface area contributed by atoms with Gasteiger partial charge in [-0.3, -0.25) is 8.74 Å². The highest BCUT2D eigenvalue weighted by Crippen LogP contribution is 2.15. The third kappa shape index (κ3) is 2.79. The zero-order chi connectivity index (χ0) is 10.7. The molecule has 78 valence electrons. The van der Waals surface area contributed by atoms with Crippen LogP contribution in [-0.2, 0) is 22.2 Å². The van der Waals surface area contributed by atoms with E-state index in [1.54, 1.807) is 0 Å². The summed E-state index contributed by atoms with van der Waals surface area (Å²) in [5, 5.41) is 0. The Balaban J connectivity index is 2.91. The summed E-state index contributed by atoms with van der Waals surface area (Å²) in [4.78, 5) is 0. The zero-order valence-corrected chi connectivity index (χ0v) is 7.48. The second kappa shape index (κ2) is 4.54. The lowest BCUT2D eigenvalue weighted by Crippen LogP contribution is -2.02. The van der Waals surface area contributed by atoms with E-state index >= 15 is 0 Å². The fourth-order valence-electron chi connectivity index (χ4n) is 0.819. The van der Waals surface area contributed by atoms with Gasteiger partial charge < -0.3 is 0 Å². The third-order valence-electron chi connectivity index (χ3n) is 1.41. The van der Waals surface area contributed by atoms with E-state index in [1.165, 1.54) is 0 Å². The molecule has 0 aliphatic carbocycles. The molecule has 0 aliphatic heterocycles. The van der Waals surface area contributed by atoms with Crippen LogP contribution in [0.25, 0.3) is 0 Å².